The van der Waals surface area contributed by atoms with Gasteiger partial charge >= 0.3 is 6.03 Å². The molecule has 0 saturated heterocycles. The SMILES string of the molecule is Cc1cc(Br)ccc1NC(=O)CNC(=O)NCCc1ccccc1F. The Morgan fingerprint density at radius 3 is 2.60 bits per heavy atom. The maximum absolute atomic E-state index is 13.4. The Bertz CT molecular complexity index is 768. The van der Waals surface area contributed by atoms with Crippen molar-refractivity contribution in [1.29, 1.82) is 0 Å². The van der Waals surface area contributed by atoms with Gasteiger partial charge in [0, 0.05) is 16.7 Å². The molecular formula is C18H19BrFN3O2. The summed E-state index contributed by atoms with van der Waals surface area (Å²) in [5.74, 6) is -0.622. The molecular weight excluding hydrogens is 389 g/mol. The molecule has 0 fully saturated rings. The lowest BCUT2D eigenvalue weighted by Crippen LogP contribution is -2.40. The van der Waals surface area contributed by atoms with Crippen molar-refractivity contribution in [3.63, 3.8) is 0 Å². The third-order valence-corrected chi connectivity index (χ3v) is 4.00. The average Bonchev–Trinajstić information content (AvgIpc) is 2.57. The van der Waals surface area contributed by atoms with E-state index < -0.39 is 6.03 Å². The van der Waals surface area contributed by atoms with Gasteiger partial charge in [-0.05, 0) is 48.7 Å². The van der Waals surface area contributed by atoms with Crippen LogP contribution in [-0.2, 0) is 11.2 Å². The summed E-state index contributed by atoms with van der Waals surface area (Å²) in [6.07, 6.45) is 0.379. The highest BCUT2D eigenvalue weighted by Gasteiger charge is 2.08. The maximum atomic E-state index is 13.4. The minimum absolute atomic E-state index is 0.152. The predicted molar refractivity (Wildman–Crippen MR) is 99.0 cm³/mol. The van der Waals surface area contributed by atoms with Crippen LogP contribution in [0.3, 0.4) is 0 Å². The van der Waals surface area contributed by atoms with E-state index >= 15 is 0 Å². The molecule has 0 aromatic heterocycles. The summed E-state index contributed by atoms with van der Waals surface area (Å²) in [6, 6.07) is 11.4. The monoisotopic (exact) mass is 407 g/mol. The number of hydrogen-bond acceptors (Lipinski definition) is 2. The van der Waals surface area contributed by atoms with Gasteiger partial charge in [-0.1, -0.05) is 34.1 Å². The Hall–Kier alpha value is -2.41. The van der Waals surface area contributed by atoms with Crippen molar-refractivity contribution in [1.82, 2.24) is 10.6 Å². The van der Waals surface area contributed by atoms with E-state index in [1.807, 2.05) is 19.1 Å². The van der Waals surface area contributed by atoms with Crippen molar-refractivity contribution in [3.8, 4) is 0 Å². The maximum Gasteiger partial charge on any atom is 0.315 e. The number of hydrogen-bond donors (Lipinski definition) is 3. The molecule has 132 valence electrons. The van der Waals surface area contributed by atoms with Gasteiger partial charge in [-0.25, -0.2) is 9.18 Å². The number of benzene rings is 2. The van der Waals surface area contributed by atoms with Crippen LogP contribution in [0, 0.1) is 12.7 Å². The van der Waals surface area contributed by atoms with Crippen molar-refractivity contribution in [2.45, 2.75) is 13.3 Å². The molecule has 0 unspecified atom stereocenters. The lowest BCUT2D eigenvalue weighted by atomic mass is 10.1. The number of carbonyl (C=O) groups excluding carboxylic acids is 2. The standard InChI is InChI=1S/C18H19BrFN3O2/c1-12-10-14(19)6-7-16(12)23-17(24)11-22-18(25)21-9-8-13-4-2-3-5-15(13)20/h2-7,10H,8-9,11H2,1H3,(H,23,24)(H2,21,22,25). The fourth-order valence-electron chi connectivity index (χ4n) is 2.20. The summed E-state index contributed by atoms with van der Waals surface area (Å²) in [5.41, 5.74) is 2.14. The second kappa shape index (κ2) is 9.17. The van der Waals surface area contributed by atoms with Crippen LogP contribution in [-0.4, -0.2) is 25.0 Å². The van der Waals surface area contributed by atoms with Gasteiger partial charge in [0.15, 0.2) is 0 Å². The van der Waals surface area contributed by atoms with Gasteiger partial charge in [0.2, 0.25) is 5.91 Å². The topological polar surface area (TPSA) is 70.2 Å². The zero-order valence-corrected chi connectivity index (χ0v) is 15.3. The van der Waals surface area contributed by atoms with Gasteiger partial charge in [-0.3, -0.25) is 4.79 Å². The molecule has 0 heterocycles. The van der Waals surface area contributed by atoms with Gasteiger partial charge in [0.1, 0.15) is 5.82 Å². The van der Waals surface area contributed by atoms with E-state index in [1.165, 1.54) is 6.07 Å². The van der Waals surface area contributed by atoms with Crippen molar-refractivity contribution >= 4 is 33.6 Å². The molecule has 0 radical (unpaired) electrons. The number of rotatable bonds is 6. The highest BCUT2D eigenvalue weighted by atomic mass is 79.9. The molecule has 0 saturated carbocycles. The molecule has 2 rings (SSSR count). The number of carbonyl (C=O) groups is 2. The van der Waals surface area contributed by atoms with E-state index in [2.05, 4.69) is 31.9 Å². The lowest BCUT2D eigenvalue weighted by molar-refractivity contribution is -0.115. The van der Waals surface area contributed by atoms with Crippen LogP contribution in [0.5, 0.6) is 0 Å². The second-order valence-corrected chi connectivity index (χ2v) is 6.37. The summed E-state index contributed by atoms with van der Waals surface area (Å²) in [5, 5.41) is 7.79. The van der Waals surface area contributed by atoms with Crippen LogP contribution < -0.4 is 16.0 Å². The Morgan fingerprint density at radius 2 is 1.88 bits per heavy atom. The van der Waals surface area contributed by atoms with E-state index in [-0.39, 0.29) is 24.8 Å². The van der Waals surface area contributed by atoms with Crippen molar-refractivity contribution in [3.05, 3.63) is 63.9 Å². The molecule has 3 N–H and O–H groups in total. The third kappa shape index (κ3) is 6.19. The number of aryl methyl sites for hydroxylation is 1. The molecule has 0 spiro atoms. The number of nitrogens with one attached hydrogen (secondary N) is 3. The summed E-state index contributed by atoms with van der Waals surface area (Å²) >= 11 is 3.36. The van der Waals surface area contributed by atoms with E-state index in [0.29, 0.717) is 17.7 Å². The van der Waals surface area contributed by atoms with Gasteiger partial charge in [0.25, 0.3) is 0 Å². The molecule has 5 nitrogen and oxygen atoms in total. The molecule has 7 heteroatoms. The van der Waals surface area contributed by atoms with Gasteiger partial charge in [-0.2, -0.15) is 0 Å². The molecule has 25 heavy (non-hydrogen) atoms. The minimum atomic E-state index is -0.473. The summed E-state index contributed by atoms with van der Waals surface area (Å²) in [4.78, 5) is 23.6. The number of anilines is 1. The number of halogens is 2. The molecule has 3 amide bonds. The van der Waals surface area contributed by atoms with Crippen LogP contribution in [0.4, 0.5) is 14.9 Å². The Labute approximate surface area is 154 Å². The van der Waals surface area contributed by atoms with Crippen LogP contribution in [0.2, 0.25) is 0 Å². The Balaban J connectivity index is 1.70. The molecule has 0 bridgehead atoms. The van der Waals surface area contributed by atoms with Crippen molar-refractivity contribution < 1.29 is 14.0 Å². The lowest BCUT2D eigenvalue weighted by Gasteiger charge is -2.10. The van der Waals surface area contributed by atoms with Crippen molar-refractivity contribution in [2.24, 2.45) is 0 Å². The van der Waals surface area contributed by atoms with E-state index in [4.69, 9.17) is 0 Å². The smallest absolute Gasteiger partial charge is 0.315 e. The quantitative estimate of drug-likeness (QED) is 0.686. The normalized spacial score (nSPS) is 10.2. The first-order valence-corrected chi connectivity index (χ1v) is 8.56. The fourth-order valence-corrected chi connectivity index (χ4v) is 2.67. The fraction of sp³-hybridized carbons (Fsp3) is 0.222. The number of urea groups is 1. The first-order chi connectivity index (χ1) is 12.0. The molecule has 2 aromatic rings. The largest absolute Gasteiger partial charge is 0.338 e. The molecule has 0 aliphatic rings. The molecule has 0 aliphatic heterocycles. The van der Waals surface area contributed by atoms with Gasteiger partial charge in [-0.15, -0.1) is 0 Å². The average molecular weight is 408 g/mol. The molecule has 2 aromatic carbocycles. The highest BCUT2D eigenvalue weighted by Crippen LogP contribution is 2.19. The first kappa shape index (κ1) is 18.9. The summed E-state index contributed by atoms with van der Waals surface area (Å²) in [6.45, 7) is 2.00. The molecule has 0 aliphatic carbocycles. The number of amides is 3. The Kier molecular flexibility index (Phi) is 6.94. The van der Waals surface area contributed by atoms with Crippen LogP contribution in [0.15, 0.2) is 46.9 Å². The highest BCUT2D eigenvalue weighted by molar-refractivity contribution is 9.10. The first-order valence-electron chi connectivity index (χ1n) is 7.77. The summed E-state index contributed by atoms with van der Waals surface area (Å²) in [7, 11) is 0. The van der Waals surface area contributed by atoms with E-state index in [9.17, 15) is 14.0 Å². The second-order valence-electron chi connectivity index (χ2n) is 5.46. The van der Waals surface area contributed by atoms with E-state index in [1.54, 1.807) is 24.3 Å². The van der Waals surface area contributed by atoms with Crippen molar-refractivity contribution in [2.75, 3.05) is 18.4 Å². The van der Waals surface area contributed by atoms with Crippen LogP contribution in [0.25, 0.3) is 0 Å². The van der Waals surface area contributed by atoms with Crippen LogP contribution in [0.1, 0.15) is 11.1 Å². The van der Waals surface area contributed by atoms with E-state index in [0.717, 1.165) is 10.0 Å². The zero-order valence-electron chi connectivity index (χ0n) is 13.7. The molecule has 0 atom stereocenters. The van der Waals surface area contributed by atoms with Crippen LogP contribution >= 0.6 is 15.9 Å². The minimum Gasteiger partial charge on any atom is -0.338 e. The Morgan fingerprint density at radius 1 is 1.12 bits per heavy atom. The zero-order chi connectivity index (χ0) is 18.2. The van der Waals surface area contributed by atoms with Gasteiger partial charge in [0.05, 0.1) is 6.54 Å². The third-order valence-electron chi connectivity index (χ3n) is 3.51. The van der Waals surface area contributed by atoms with Gasteiger partial charge < -0.3 is 16.0 Å². The predicted octanol–water partition coefficient (Wildman–Crippen LogP) is 3.38. The summed E-state index contributed by atoms with van der Waals surface area (Å²) < 4.78 is 14.4.